The van der Waals surface area contributed by atoms with Crippen LogP contribution >= 0.6 is 23.1 Å². The molecule has 0 fully saturated rings. The molecule has 1 aromatic heterocycles. The molecule has 0 bridgehead atoms. The third-order valence-corrected chi connectivity index (χ3v) is 6.46. The van der Waals surface area contributed by atoms with E-state index in [4.69, 9.17) is 4.74 Å². The summed E-state index contributed by atoms with van der Waals surface area (Å²) in [5, 5.41) is 11.5. The van der Waals surface area contributed by atoms with Crippen LogP contribution in [0.1, 0.15) is 57.8 Å². The van der Waals surface area contributed by atoms with Crippen LogP contribution in [0.4, 0.5) is 5.13 Å². The molecule has 1 aromatic carbocycles. The predicted molar refractivity (Wildman–Crippen MR) is 128 cm³/mol. The molecule has 0 aliphatic carbocycles. The lowest BCUT2D eigenvalue weighted by Gasteiger charge is -2.06. The number of ether oxygens (including phenoxy) is 1. The van der Waals surface area contributed by atoms with E-state index in [2.05, 4.69) is 62.3 Å². The van der Waals surface area contributed by atoms with Crippen LogP contribution in [0.5, 0.6) is 5.75 Å². The van der Waals surface area contributed by atoms with Crippen molar-refractivity contribution in [1.29, 1.82) is 0 Å². The maximum absolute atomic E-state index is 12.4. The number of carbonyl (C=O) groups is 1. The van der Waals surface area contributed by atoms with Crippen molar-refractivity contribution >= 4 is 34.1 Å². The number of anilines is 1. The lowest BCUT2D eigenvalue weighted by atomic mass is 10.1. The summed E-state index contributed by atoms with van der Waals surface area (Å²) < 4.78 is 6.63. The Morgan fingerprint density at radius 3 is 2.57 bits per heavy atom. The number of carbonyl (C=O) groups excluding carboxylic acids is 1. The zero-order valence-corrected chi connectivity index (χ0v) is 20.0. The molecule has 0 aliphatic heterocycles. The van der Waals surface area contributed by atoms with Crippen molar-refractivity contribution in [3.63, 3.8) is 0 Å². The molecule has 0 spiro atoms. The van der Waals surface area contributed by atoms with Crippen LogP contribution in [0.3, 0.4) is 0 Å². The van der Waals surface area contributed by atoms with Gasteiger partial charge in [0, 0.05) is 11.3 Å². The van der Waals surface area contributed by atoms with Crippen LogP contribution in [-0.2, 0) is 0 Å². The molecule has 0 aliphatic rings. The van der Waals surface area contributed by atoms with Crippen molar-refractivity contribution < 1.29 is 9.53 Å². The first-order chi connectivity index (χ1) is 14.3. The van der Waals surface area contributed by atoms with E-state index in [0.29, 0.717) is 23.2 Å². The second kappa shape index (κ2) is 12.5. The Bertz CT molecular complexity index is 867. The molecule has 7 heteroatoms. The number of amides is 1. The van der Waals surface area contributed by atoms with E-state index in [-0.39, 0.29) is 5.91 Å². The van der Waals surface area contributed by atoms with Crippen molar-refractivity contribution in [2.75, 3.05) is 17.7 Å². The molecule has 1 heterocycles. The molecule has 0 saturated carbocycles. The number of nitrogens with zero attached hydrogens (tertiary/aromatic N) is 2. The molecule has 0 saturated heterocycles. The Morgan fingerprint density at radius 1 is 1.17 bits per heavy atom. The van der Waals surface area contributed by atoms with E-state index >= 15 is 0 Å². The van der Waals surface area contributed by atoms with Gasteiger partial charge in [0.25, 0.3) is 5.91 Å². The van der Waals surface area contributed by atoms with Gasteiger partial charge >= 0.3 is 0 Å². The minimum Gasteiger partial charge on any atom is -0.490 e. The van der Waals surface area contributed by atoms with Crippen LogP contribution in [-0.4, -0.2) is 28.5 Å². The Kier molecular flexibility index (Phi) is 10.1. The third-order valence-electron chi connectivity index (χ3n) is 4.06. The van der Waals surface area contributed by atoms with Gasteiger partial charge in [-0.15, -0.1) is 10.2 Å². The van der Waals surface area contributed by atoms with E-state index in [1.165, 1.54) is 22.5 Å². The maximum atomic E-state index is 12.4. The Hall–Kier alpha value is -2.12. The molecule has 162 valence electrons. The second-order valence-electron chi connectivity index (χ2n) is 7.74. The first kappa shape index (κ1) is 24.2. The van der Waals surface area contributed by atoms with Crippen molar-refractivity contribution in [2.45, 2.75) is 51.8 Å². The first-order valence-electron chi connectivity index (χ1n) is 10.1. The molecule has 1 N–H and O–H groups in total. The fourth-order valence-electron chi connectivity index (χ4n) is 2.40. The lowest BCUT2D eigenvalue weighted by Crippen LogP contribution is -2.11. The molecular weight excluding hydrogens is 414 g/mol. The molecular formula is C23H31N3O2S2. The summed E-state index contributed by atoms with van der Waals surface area (Å²) in [6.07, 6.45) is 6.44. The number of aromatic nitrogens is 2. The van der Waals surface area contributed by atoms with Crippen molar-refractivity contribution in [2.24, 2.45) is 5.92 Å². The van der Waals surface area contributed by atoms with Gasteiger partial charge in [-0.1, -0.05) is 54.2 Å². The van der Waals surface area contributed by atoms with Crippen LogP contribution in [0, 0.1) is 5.92 Å². The number of rotatable bonds is 11. The van der Waals surface area contributed by atoms with Gasteiger partial charge in [-0.25, -0.2) is 0 Å². The highest BCUT2D eigenvalue weighted by Crippen LogP contribution is 2.27. The van der Waals surface area contributed by atoms with E-state index < -0.39 is 0 Å². The van der Waals surface area contributed by atoms with Crippen LogP contribution < -0.4 is 10.1 Å². The van der Waals surface area contributed by atoms with Crippen LogP contribution in [0.15, 0.2) is 51.9 Å². The van der Waals surface area contributed by atoms with Crippen LogP contribution in [0.2, 0.25) is 0 Å². The highest BCUT2D eigenvalue weighted by Gasteiger charge is 2.11. The largest absolute Gasteiger partial charge is 0.490 e. The summed E-state index contributed by atoms with van der Waals surface area (Å²) in [6, 6.07) is 7.13. The monoisotopic (exact) mass is 445 g/mol. The van der Waals surface area contributed by atoms with E-state index in [9.17, 15) is 4.79 Å². The van der Waals surface area contributed by atoms with Crippen molar-refractivity contribution in [1.82, 2.24) is 10.2 Å². The zero-order valence-electron chi connectivity index (χ0n) is 18.4. The van der Waals surface area contributed by atoms with Gasteiger partial charge in [0.2, 0.25) is 5.13 Å². The van der Waals surface area contributed by atoms with Gasteiger partial charge in [-0.3, -0.25) is 10.1 Å². The fraction of sp³-hybridized carbons (Fsp3) is 0.435. The number of nitrogens with one attached hydrogen (secondary N) is 1. The molecule has 5 nitrogen and oxygen atoms in total. The molecule has 2 rings (SSSR count). The van der Waals surface area contributed by atoms with E-state index in [0.717, 1.165) is 28.7 Å². The van der Waals surface area contributed by atoms with Gasteiger partial charge in [0.15, 0.2) is 4.34 Å². The molecule has 30 heavy (non-hydrogen) atoms. The number of hydrogen-bond donors (Lipinski definition) is 1. The number of hydrogen-bond acceptors (Lipinski definition) is 6. The smallest absolute Gasteiger partial charge is 0.257 e. The normalized spacial score (nSPS) is 11.5. The maximum Gasteiger partial charge on any atom is 0.257 e. The minimum atomic E-state index is -0.201. The van der Waals surface area contributed by atoms with Gasteiger partial charge in [0.05, 0.1) is 0 Å². The van der Waals surface area contributed by atoms with E-state index in [1.807, 2.05) is 12.1 Å². The molecule has 0 atom stereocenters. The molecule has 0 unspecified atom stereocenters. The highest BCUT2D eigenvalue weighted by molar-refractivity contribution is 8.01. The number of thioether (sulfide) groups is 1. The summed E-state index contributed by atoms with van der Waals surface area (Å²) in [5.41, 5.74) is 3.22. The van der Waals surface area contributed by atoms with Gasteiger partial charge in [0.1, 0.15) is 12.4 Å². The highest BCUT2D eigenvalue weighted by atomic mass is 32.2. The second-order valence-corrected chi connectivity index (χ2v) is 9.98. The Morgan fingerprint density at radius 2 is 1.90 bits per heavy atom. The number of allylic oxidation sites excluding steroid dienone is 3. The first-order valence-corrected chi connectivity index (χ1v) is 11.9. The third kappa shape index (κ3) is 9.13. The molecule has 0 radical (unpaired) electrons. The van der Waals surface area contributed by atoms with Gasteiger partial charge < -0.3 is 4.74 Å². The fourth-order valence-corrected chi connectivity index (χ4v) is 4.12. The predicted octanol–water partition coefficient (Wildman–Crippen LogP) is 6.61. The topological polar surface area (TPSA) is 64.1 Å². The van der Waals surface area contributed by atoms with Crippen molar-refractivity contribution in [3.8, 4) is 5.75 Å². The molecule has 2 aromatic rings. The van der Waals surface area contributed by atoms with Gasteiger partial charge in [-0.2, -0.15) is 0 Å². The standard InChI is InChI=1S/C23H31N3O2S2/c1-16(2)7-6-8-18(5)13-14-28-20-11-9-19(10-12-20)21(27)24-22-25-26-23(30-22)29-15-17(3)4/h7,9-13,17H,6,8,14-15H2,1-5H3,(H,24,25,27)/b18-13+. The summed E-state index contributed by atoms with van der Waals surface area (Å²) in [5.74, 6) is 2.10. The minimum absolute atomic E-state index is 0.201. The quantitative estimate of drug-likeness (QED) is 0.239. The Labute approximate surface area is 188 Å². The Balaban J connectivity index is 1.80. The molecule has 1 amide bonds. The summed E-state index contributed by atoms with van der Waals surface area (Å²) in [6.45, 7) is 11.2. The summed E-state index contributed by atoms with van der Waals surface area (Å²) in [7, 11) is 0. The van der Waals surface area contributed by atoms with Crippen molar-refractivity contribution in [3.05, 3.63) is 53.1 Å². The lowest BCUT2D eigenvalue weighted by molar-refractivity contribution is 0.102. The van der Waals surface area contributed by atoms with Crippen LogP contribution in [0.25, 0.3) is 0 Å². The average molecular weight is 446 g/mol. The number of benzene rings is 1. The average Bonchev–Trinajstić information content (AvgIpc) is 3.14. The summed E-state index contributed by atoms with van der Waals surface area (Å²) >= 11 is 3.05. The SMILES string of the molecule is CC(C)=CCC/C(C)=C/COc1ccc(C(=O)Nc2nnc(SCC(C)C)s2)cc1. The van der Waals surface area contributed by atoms with E-state index in [1.54, 1.807) is 23.9 Å². The summed E-state index contributed by atoms with van der Waals surface area (Å²) in [4.78, 5) is 12.4. The van der Waals surface area contributed by atoms with Gasteiger partial charge in [-0.05, 0) is 69.9 Å². The zero-order chi connectivity index (χ0) is 21.9.